The maximum atomic E-state index is 4.49. The molecular weight excluding hydrogens is 302 g/mol. The molecule has 3 aromatic rings. The molecule has 1 aliphatic heterocycles. The van der Waals surface area contributed by atoms with Crippen molar-refractivity contribution < 1.29 is 4.57 Å². The van der Waals surface area contributed by atoms with Gasteiger partial charge in [0.05, 0.1) is 16.4 Å². The summed E-state index contributed by atoms with van der Waals surface area (Å²) in [6.45, 7) is 14.0. The largest absolute Gasteiger partial charge is 0.222 e. The number of hydrogen-bond donors (Lipinski definition) is 0. The van der Waals surface area contributed by atoms with E-state index in [2.05, 4.69) is 87.5 Å². The number of fused-ring (bicyclic) bond motifs is 3. The molecule has 0 N–H and O–H groups in total. The highest BCUT2D eigenvalue weighted by Gasteiger charge is 2.78. The van der Waals surface area contributed by atoms with E-state index in [0.717, 1.165) is 0 Å². The van der Waals surface area contributed by atoms with Crippen molar-refractivity contribution >= 4 is 10.8 Å². The zero-order valence-electron chi connectivity index (χ0n) is 15.3. The summed E-state index contributed by atoms with van der Waals surface area (Å²) in [5, 5.41) is 2.77. The summed E-state index contributed by atoms with van der Waals surface area (Å²) in [4.78, 5) is 0. The first-order valence-electron chi connectivity index (χ1n) is 9.17. The zero-order chi connectivity index (χ0) is 17.4. The molecule has 2 aliphatic carbocycles. The third-order valence-electron chi connectivity index (χ3n) is 7.75. The van der Waals surface area contributed by atoms with Gasteiger partial charge >= 0.3 is 0 Å². The van der Waals surface area contributed by atoms with Gasteiger partial charge < -0.3 is 0 Å². The molecule has 0 saturated heterocycles. The molecule has 1 fully saturated rings. The second-order valence-corrected chi connectivity index (χ2v) is 8.83. The molecule has 6 rings (SSSR count). The Labute approximate surface area is 148 Å². The monoisotopic (exact) mass is 324 g/mol. The Bertz CT molecular complexity index is 1170. The van der Waals surface area contributed by atoms with Gasteiger partial charge in [0.2, 0.25) is 11.2 Å². The van der Waals surface area contributed by atoms with E-state index < -0.39 is 0 Å². The topological polar surface area (TPSA) is 3.88 Å². The second-order valence-electron chi connectivity index (χ2n) is 8.83. The molecule has 0 spiro atoms. The minimum Gasteiger partial charge on any atom is -0.187 e. The zero-order valence-corrected chi connectivity index (χ0v) is 15.3. The van der Waals surface area contributed by atoms with Crippen LogP contribution in [-0.2, 0) is 16.4 Å². The first kappa shape index (κ1) is 13.8. The Morgan fingerprint density at radius 2 is 1.52 bits per heavy atom. The Kier molecular flexibility index (Phi) is 1.98. The highest BCUT2D eigenvalue weighted by atomic mass is 15.2. The fraction of sp³-hybridized carbons (Fsp3) is 0.292. The van der Waals surface area contributed by atoms with Gasteiger partial charge in [-0.3, -0.25) is 0 Å². The predicted molar refractivity (Wildman–Crippen MR) is 102 cm³/mol. The summed E-state index contributed by atoms with van der Waals surface area (Å²) in [6.07, 6.45) is 2.29. The van der Waals surface area contributed by atoms with Crippen molar-refractivity contribution in [3.8, 4) is 11.3 Å². The molecule has 2 aromatic carbocycles. The van der Waals surface area contributed by atoms with Crippen LogP contribution in [0.15, 0.2) is 60.8 Å². The SMILES string of the molecule is C=C1C2(C)c3cccc4c3-c3c5c(cccc5cc[n+]3C12C)C4(C)C. The number of benzene rings is 2. The van der Waals surface area contributed by atoms with Crippen molar-refractivity contribution in [2.75, 3.05) is 0 Å². The van der Waals surface area contributed by atoms with Crippen LogP contribution in [0.3, 0.4) is 0 Å². The third kappa shape index (κ3) is 1.13. The van der Waals surface area contributed by atoms with E-state index in [1.165, 1.54) is 44.3 Å². The molecule has 2 unspecified atom stereocenters. The van der Waals surface area contributed by atoms with Gasteiger partial charge in [0.15, 0.2) is 6.20 Å². The molecule has 2 atom stereocenters. The second kappa shape index (κ2) is 3.58. The first-order chi connectivity index (χ1) is 11.8. The van der Waals surface area contributed by atoms with Crippen molar-refractivity contribution in [2.24, 2.45) is 0 Å². The lowest BCUT2D eigenvalue weighted by Crippen LogP contribution is -2.54. The maximum Gasteiger partial charge on any atom is 0.222 e. The van der Waals surface area contributed by atoms with E-state index in [-0.39, 0.29) is 16.4 Å². The van der Waals surface area contributed by atoms with E-state index in [0.29, 0.717) is 0 Å². The van der Waals surface area contributed by atoms with Gasteiger partial charge in [-0.1, -0.05) is 56.8 Å². The standard InChI is InChI=1S/C24H22N/c1-14-23(4)18-11-7-10-17-20(18)21-19-15(12-13-25(21)24(14,23)5)8-6-9-16(19)22(17,2)3/h6-13H,1H2,2-5H3/q+1. The molecule has 0 radical (unpaired) electrons. The molecule has 2 heterocycles. The fourth-order valence-electron chi connectivity index (χ4n) is 5.92. The average molecular weight is 324 g/mol. The molecule has 1 heteroatoms. The molecule has 0 amide bonds. The molecule has 1 nitrogen and oxygen atoms in total. The van der Waals surface area contributed by atoms with Gasteiger partial charge in [-0.05, 0) is 29.0 Å². The van der Waals surface area contributed by atoms with Gasteiger partial charge in [0.1, 0.15) is 0 Å². The minimum absolute atomic E-state index is 0.0113. The Hall–Kier alpha value is -2.41. The average Bonchev–Trinajstić information content (AvgIpc) is 3.07. The Morgan fingerprint density at radius 3 is 2.32 bits per heavy atom. The normalized spacial score (nSPS) is 29.5. The van der Waals surface area contributed by atoms with Crippen molar-refractivity contribution in [3.05, 3.63) is 77.5 Å². The van der Waals surface area contributed by atoms with E-state index in [9.17, 15) is 0 Å². The quantitative estimate of drug-likeness (QED) is 0.405. The number of rotatable bonds is 0. The van der Waals surface area contributed by atoms with Crippen LogP contribution in [0, 0.1) is 0 Å². The van der Waals surface area contributed by atoms with Crippen LogP contribution in [0.5, 0.6) is 0 Å². The van der Waals surface area contributed by atoms with Gasteiger partial charge in [-0.15, -0.1) is 0 Å². The summed E-state index contributed by atoms with van der Waals surface area (Å²) in [7, 11) is 0. The van der Waals surface area contributed by atoms with E-state index in [4.69, 9.17) is 0 Å². The summed E-state index contributed by atoms with van der Waals surface area (Å²) >= 11 is 0. The number of pyridine rings is 1. The predicted octanol–water partition coefficient (Wildman–Crippen LogP) is 4.99. The van der Waals surface area contributed by atoms with Crippen LogP contribution in [0.2, 0.25) is 0 Å². The van der Waals surface area contributed by atoms with Crippen LogP contribution in [0.4, 0.5) is 0 Å². The van der Waals surface area contributed by atoms with Gasteiger partial charge in [0, 0.05) is 24.0 Å². The number of allylic oxidation sites excluding steroid dienone is 1. The smallest absolute Gasteiger partial charge is 0.187 e. The van der Waals surface area contributed by atoms with Crippen LogP contribution < -0.4 is 4.57 Å². The van der Waals surface area contributed by atoms with E-state index >= 15 is 0 Å². The van der Waals surface area contributed by atoms with Gasteiger partial charge in [-0.2, -0.15) is 4.57 Å². The first-order valence-corrected chi connectivity index (χ1v) is 9.17. The van der Waals surface area contributed by atoms with Crippen molar-refractivity contribution in [1.29, 1.82) is 0 Å². The fourth-order valence-corrected chi connectivity index (χ4v) is 5.92. The lowest BCUT2D eigenvalue weighted by Gasteiger charge is -2.37. The highest BCUT2D eigenvalue weighted by molar-refractivity contribution is 6.02. The van der Waals surface area contributed by atoms with Crippen LogP contribution in [0.1, 0.15) is 44.4 Å². The molecule has 25 heavy (non-hydrogen) atoms. The van der Waals surface area contributed by atoms with Crippen LogP contribution >= 0.6 is 0 Å². The van der Waals surface area contributed by atoms with Crippen molar-refractivity contribution in [3.63, 3.8) is 0 Å². The lowest BCUT2D eigenvalue weighted by atomic mass is 9.66. The summed E-state index contributed by atoms with van der Waals surface area (Å²) < 4.78 is 2.52. The molecular formula is C24H22N+. The van der Waals surface area contributed by atoms with Crippen LogP contribution in [0.25, 0.3) is 22.0 Å². The lowest BCUT2D eigenvalue weighted by molar-refractivity contribution is -0.726. The van der Waals surface area contributed by atoms with E-state index in [1.54, 1.807) is 0 Å². The van der Waals surface area contributed by atoms with E-state index in [1.807, 2.05) is 0 Å². The number of nitrogens with zero attached hydrogens (tertiary/aromatic N) is 1. The third-order valence-corrected chi connectivity index (χ3v) is 7.75. The molecule has 0 bridgehead atoms. The summed E-state index contributed by atoms with van der Waals surface area (Å²) in [5.74, 6) is 0. The maximum absolute atomic E-state index is 4.49. The molecule has 1 saturated carbocycles. The molecule has 122 valence electrons. The van der Waals surface area contributed by atoms with Crippen molar-refractivity contribution in [1.82, 2.24) is 0 Å². The highest BCUT2D eigenvalue weighted by Crippen LogP contribution is 2.69. The molecule has 1 aromatic heterocycles. The van der Waals surface area contributed by atoms with Crippen molar-refractivity contribution in [2.45, 2.75) is 44.1 Å². The summed E-state index contributed by atoms with van der Waals surface area (Å²) in [5.41, 5.74) is 8.57. The van der Waals surface area contributed by atoms with Gasteiger partial charge in [-0.25, -0.2) is 0 Å². The number of aromatic nitrogens is 1. The molecule has 3 aliphatic rings. The Morgan fingerprint density at radius 1 is 0.840 bits per heavy atom. The summed E-state index contributed by atoms with van der Waals surface area (Å²) in [6, 6.07) is 16.0. The van der Waals surface area contributed by atoms with Crippen LogP contribution in [-0.4, -0.2) is 0 Å². The Balaban J connectivity index is 1.96. The minimum atomic E-state index is -0.0171. The van der Waals surface area contributed by atoms with Gasteiger partial charge in [0.25, 0.3) is 0 Å². The number of hydrogen-bond acceptors (Lipinski definition) is 0.